The number of rotatable bonds is 3. The number of ether oxygens (including phenoxy) is 1. The molecule has 0 rings (SSSR count). The first kappa shape index (κ1) is 9.43. The number of carbonyl (C=O) groups is 1. The van der Waals surface area contributed by atoms with Gasteiger partial charge in [-0.25, -0.2) is 0 Å². The zero-order valence-electron chi connectivity index (χ0n) is 6.81. The predicted octanol–water partition coefficient (Wildman–Crippen LogP) is 0.677. The van der Waals surface area contributed by atoms with Crippen LogP contribution in [0.2, 0.25) is 0 Å². The summed E-state index contributed by atoms with van der Waals surface area (Å²) in [5.74, 6) is -0.339. The van der Waals surface area contributed by atoms with Crippen molar-refractivity contribution in [3.8, 4) is 0 Å². The second-order valence-electron chi connectivity index (χ2n) is 2.66. The predicted molar refractivity (Wildman–Crippen MR) is 39.5 cm³/mol. The molecule has 0 radical (unpaired) electrons. The topological polar surface area (TPSA) is 52.3 Å². The fourth-order valence-corrected chi connectivity index (χ4v) is 0.855. The molecule has 3 heteroatoms. The summed E-state index contributed by atoms with van der Waals surface area (Å²) in [6.45, 7) is 3.66. The van der Waals surface area contributed by atoms with Crippen LogP contribution in [0.1, 0.15) is 26.7 Å². The van der Waals surface area contributed by atoms with Crippen molar-refractivity contribution in [1.29, 1.82) is 0 Å². The largest absolute Gasteiger partial charge is 0.468 e. The van der Waals surface area contributed by atoms with Gasteiger partial charge in [-0.05, 0) is 13.3 Å². The molecule has 0 saturated heterocycles. The van der Waals surface area contributed by atoms with E-state index in [9.17, 15) is 4.79 Å². The molecule has 0 bridgehead atoms. The number of esters is 1. The minimum atomic E-state index is -0.802. The fourth-order valence-electron chi connectivity index (χ4n) is 0.855. The van der Waals surface area contributed by atoms with E-state index < -0.39 is 5.54 Å². The van der Waals surface area contributed by atoms with Crippen LogP contribution >= 0.6 is 0 Å². The molecule has 0 heterocycles. The highest BCUT2D eigenvalue weighted by molar-refractivity contribution is 5.79. The zero-order valence-corrected chi connectivity index (χ0v) is 6.81. The molecule has 0 aromatic rings. The third kappa shape index (κ3) is 2.35. The Morgan fingerprint density at radius 1 is 1.70 bits per heavy atom. The maximum absolute atomic E-state index is 10.9. The minimum Gasteiger partial charge on any atom is -0.468 e. The van der Waals surface area contributed by atoms with Gasteiger partial charge < -0.3 is 10.5 Å². The molecular formula is C7H15NO2. The molecule has 1 atom stereocenters. The van der Waals surface area contributed by atoms with Crippen LogP contribution in [-0.4, -0.2) is 18.6 Å². The highest BCUT2D eigenvalue weighted by atomic mass is 16.5. The average Bonchev–Trinajstić information content (AvgIpc) is 1.86. The van der Waals surface area contributed by atoms with Gasteiger partial charge in [0.15, 0.2) is 0 Å². The lowest BCUT2D eigenvalue weighted by Crippen LogP contribution is -2.45. The molecule has 0 saturated carbocycles. The molecular weight excluding hydrogens is 130 g/mol. The van der Waals surface area contributed by atoms with Gasteiger partial charge >= 0.3 is 5.97 Å². The summed E-state index contributed by atoms with van der Waals surface area (Å²) in [6, 6.07) is 0. The van der Waals surface area contributed by atoms with Gasteiger partial charge in [0.25, 0.3) is 0 Å². The molecule has 0 spiro atoms. The summed E-state index contributed by atoms with van der Waals surface area (Å²) in [4.78, 5) is 10.9. The first-order valence-electron chi connectivity index (χ1n) is 3.42. The van der Waals surface area contributed by atoms with Gasteiger partial charge in [0.05, 0.1) is 7.11 Å². The highest BCUT2D eigenvalue weighted by Gasteiger charge is 2.27. The number of carbonyl (C=O) groups excluding carboxylic acids is 1. The van der Waals surface area contributed by atoms with Crippen LogP contribution in [0, 0.1) is 0 Å². The molecule has 10 heavy (non-hydrogen) atoms. The molecule has 60 valence electrons. The summed E-state index contributed by atoms with van der Waals surface area (Å²) in [6.07, 6.45) is 1.56. The lowest BCUT2D eigenvalue weighted by atomic mass is 9.98. The number of hydrogen-bond acceptors (Lipinski definition) is 3. The molecule has 0 fully saturated rings. The molecule has 0 aliphatic heterocycles. The van der Waals surface area contributed by atoms with Crippen molar-refractivity contribution in [3.63, 3.8) is 0 Å². The molecule has 0 aromatic carbocycles. The van der Waals surface area contributed by atoms with Crippen molar-refractivity contribution in [2.24, 2.45) is 5.73 Å². The molecule has 0 amide bonds. The van der Waals surface area contributed by atoms with Crippen molar-refractivity contribution < 1.29 is 9.53 Å². The Hall–Kier alpha value is -0.570. The summed E-state index contributed by atoms with van der Waals surface area (Å²) in [5.41, 5.74) is 4.80. The molecule has 0 aromatic heterocycles. The van der Waals surface area contributed by atoms with Crippen LogP contribution in [0.5, 0.6) is 0 Å². The molecule has 2 N–H and O–H groups in total. The van der Waals surface area contributed by atoms with E-state index in [1.54, 1.807) is 6.92 Å². The second kappa shape index (κ2) is 3.56. The van der Waals surface area contributed by atoms with Crippen LogP contribution in [0.3, 0.4) is 0 Å². The molecule has 3 nitrogen and oxygen atoms in total. The van der Waals surface area contributed by atoms with Gasteiger partial charge in [0.2, 0.25) is 0 Å². The Balaban J connectivity index is 3.96. The SMILES string of the molecule is CCC[C@@](C)(N)C(=O)OC. The normalized spacial score (nSPS) is 16.0. The molecule has 0 aliphatic carbocycles. The van der Waals surface area contributed by atoms with Crippen molar-refractivity contribution in [3.05, 3.63) is 0 Å². The standard InChI is InChI=1S/C7H15NO2/c1-4-5-7(2,8)6(9)10-3/h4-5,8H2,1-3H3/t7-/m1/s1. The maximum atomic E-state index is 10.9. The van der Waals surface area contributed by atoms with E-state index in [-0.39, 0.29) is 5.97 Å². The lowest BCUT2D eigenvalue weighted by Gasteiger charge is -2.19. The van der Waals surface area contributed by atoms with Crippen LogP contribution in [0.25, 0.3) is 0 Å². The van der Waals surface area contributed by atoms with Gasteiger partial charge in [0.1, 0.15) is 5.54 Å². The van der Waals surface area contributed by atoms with E-state index in [1.807, 2.05) is 6.92 Å². The zero-order chi connectivity index (χ0) is 8.20. The molecule has 0 unspecified atom stereocenters. The van der Waals surface area contributed by atoms with Gasteiger partial charge in [-0.15, -0.1) is 0 Å². The van der Waals surface area contributed by atoms with E-state index in [4.69, 9.17) is 5.73 Å². The fraction of sp³-hybridized carbons (Fsp3) is 0.857. The third-order valence-corrected chi connectivity index (χ3v) is 1.42. The van der Waals surface area contributed by atoms with Gasteiger partial charge in [-0.3, -0.25) is 4.79 Å². The van der Waals surface area contributed by atoms with Crippen molar-refractivity contribution in [2.75, 3.05) is 7.11 Å². The van der Waals surface area contributed by atoms with E-state index in [0.29, 0.717) is 6.42 Å². The van der Waals surface area contributed by atoms with E-state index in [0.717, 1.165) is 6.42 Å². The van der Waals surface area contributed by atoms with Crippen molar-refractivity contribution in [2.45, 2.75) is 32.2 Å². The quantitative estimate of drug-likeness (QED) is 0.594. The maximum Gasteiger partial charge on any atom is 0.325 e. The van der Waals surface area contributed by atoms with Gasteiger partial charge in [0, 0.05) is 0 Å². The summed E-state index contributed by atoms with van der Waals surface area (Å²) in [5, 5.41) is 0. The van der Waals surface area contributed by atoms with Crippen molar-refractivity contribution >= 4 is 5.97 Å². The Morgan fingerprint density at radius 3 is 2.50 bits per heavy atom. The monoisotopic (exact) mass is 145 g/mol. The number of hydrogen-bond donors (Lipinski definition) is 1. The van der Waals surface area contributed by atoms with Crippen LogP contribution in [-0.2, 0) is 9.53 Å². The first-order valence-corrected chi connectivity index (χ1v) is 3.42. The highest BCUT2D eigenvalue weighted by Crippen LogP contribution is 2.09. The van der Waals surface area contributed by atoms with E-state index in [1.165, 1.54) is 7.11 Å². The lowest BCUT2D eigenvalue weighted by molar-refractivity contribution is -0.146. The summed E-state index contributed by atoms with van der Waals surface area (Å²) < 4.78 is 4.50. The van der Waals surface area contributed by atoms with Crippen LogP contribution < -0.4 is 5.73 Å². The van der Waals surface area contributed by atoms with Gasteiger partial charge in [-0.1, -0.05) is 13.3 Å². The van der Waals surface area contributed by atoms with E-state index in [2.05, 4.69) is 4.74 Å². The van der Waals surface area contributed by atoms with Crippen LogP contribution in [0.15, 0.2) is 0 Å². The van der Waals surface area contributed by atoms with Gasteiger partial charge in [-0.2, -0.15) is 0 Å². The van der Waals surface area contributed by atoms with E-state index >= 15 is 0 Å². The Kier molecular flexibility index (Phi) is 3.36. The first-order chi connectivity index (χ1) is 4.54. The summed E-state index contributed by atoms with van der Waals surface area (Å²) in [7, 11) is 1.35. The summed E-state index contributed by atoms with van der Waals surface area (Å²) >= 11 is 0. The third-order valence-electron chi connectivity index (χ3n) is 1.42. The van der Waals surface area contributed by atoms with Crippen LogP contribution in [0.4, 0.5) is 0 Å². The second-order valence-corrected chi connectivity index (χ2v) is 2.66. The smallest absolute Gasteiger partial charge is 0.325 e. The number of nitrogens with two attached hydrogens (primary N) is 1. The average molecular weight is 145 g/mol. The molecule has 0 aliphatic rings. The van der Waals surface area contributed by atoms with Crippen molar-refractivity contribution in [1.82, 2.24) is 0 Å². The Bertz CT molecular complexity index is 121. The Labute approximate surface area is 61.5 Å². The number of methoxy groups -OCH3 is 1. The minimum absolute atomic E-state index is 0.339. The Morgan fingerprint density at radius 2 is 2.20 bits per heavy atom.